The zero-order valence-electron chi connectivity index (χ0n) is 26.9. The highest BCUT2D eigenvalue weighted by atomic mass is 16.5. The summed E-state index contributed by atoms with van der Waals surface area (Å²) in [5.74, 6) is 12.4. The van der Waals surface area contributed by atoms with Crippen LogP contribution in [0, 0.1) is 35.7 Å². The zero-order valence-corrected chi connectivity index (χ0v) is 26.9. The Morgan fingerprint density at radius 1 is 0.479 bits per heavy atom. The molecule has 0 radical (unpaired) electrons. The molecule has 48 heavy (non-hydrogen) atoms. The number of carbonyl (C=O) groups excluding carboxylic acids is 4. The van der Waals surface area contributed by atoms with E-state index in [2.05, 4.69) is 62.0 Å². The first-order valence-electron chi connectivity index (χ1n) is 14.2. The molecule has 0 saturated carbocycles. The van der Waals surface area contributed by atoms with E-state index in [1.807, 2.05) is 0 Å². The molecule has 0 bridgehead atoms. The van der Waals surface area contributed by atoms with Gasteiger partial charge in [-0.1, -0.05) is 50.0 Å². The number of hydrogen-bond donors (Lipinski definition) is 0. The Bertz CT molecular complexity index is 2040. The summed E-state index contributed by atoms with van der Waals surface area (Å²) in [5.41, 5.74) is 2.94. The van der Waals surface area contributed by atoms with Gasteiger partial charge in [0.25, 0.3) is 0 Å². The number of ether oxygens (including phenoxy) is 4. The van der Waals surface area contributed by atoms with Crippen molar-refractivity contribution in [1.82, 2.24) is 0 Å². The smallest absolute Gasteiger partial charge is 0.347 e. The number of esters is 4. The van der Waals surface area contributed by atoms with Crippen LogP contribution < -0.4 is 14.2 Å². The Kier molecular flexibility index (Phi) is 12.2. The molecule has 238 valence electrons. The first kappa shape index (κ1) is 35.7. The molecule has 0 amide bonds. The quantitative estimate of drug-likeness (QED) is 0.128. The molecule has 0 atom stereocenters. The second-order valence-corrected chi connectivity index (χ2v) is 10.4. The first-order valence-corrected chi connectivity index (χ1v) is 14.2. The largest absolute Gasteiger partial charge is 0.423 e. The van der Waals surface area contributed by atoms with Crippen molar-refractivity contribution in [1.29, 1.82) is 0 Å². The van der Waals surface area contributed by atoms with Gasteiger partial charge in [-0.05, 0) is 82.1 Å². The van der Waals surface area contributed by atoms with Crippen molar-refractivity contribution in [2.45, 2.75) is 27.7 Å². The van der Waals surface area contributed by atoms with E-state index < -0.39 is 23.9 Å². The van der Waals surface area contributed by atoms with E-state index in [4.69, 9.17) is 18.9 Å². The topological polar surface area (TPSA) is 105 Å². The molecule has 0 unspecified atom stereocenters. The van der Waals surface area contributed by atoms with Gasteiger partial charge in [-0.15, -0.1) is 0 Å². The van der Waals surface area contributed by atoms with Gasteiger partial charge in [0.1, 0.15) is 23.4 Å². The van der Waals surface area contributed by atoms with E-state index in [1.54, 1.807) is 55.5 Å². The summed E-state index contributed by atoms with van der Waals surface area (Å²) in [6.45, 7) is 20.4. The lowest BCUT2D eigenvalue weighted by molar-refractivity contribution is -0.132. The molecule has 8 heteroatoms. The molecule has 0 heterocycles. The predicted octanol–water partition coefficient (Wildman–Crippen LogP) is 6.36. The summed E-state index contributed by atoms with van der Waals surface area (Å²) >= 11 is 0. The van der Waals surface area contributed by atoms with Crippen LogP contribution in [-0.2, 0) is 23.9 Å². The van der Waals surface area contributed by atoms with Gasteiger partial charge in [0.15, 0.2) is 0 Å². The van der Waals surface area contributed by atoms with Gasteiger partial charge < -0.3 is 18.9 Å². The Hall–Kier alpha value is -6.82. The van der Waals surface area contributed by atoms with Crippen LogP contribution in [0.2, 0.25) is 0 Å². The van der Waals surface area contributed by atoms with E-state index in [0.717, 1.165) is 0 Å². The number of hydrogen-bond acceptors (Lipinski definition) is 8. The maximum absolute atomic E-state index is 12.5. The molecule has 3 aromatic carbocycles. The molecule has 0 saturated heterocycles. The van der Waals surface area contributed by atoms with Crippen LogP contribution in [0.15, 0.2) is 109 Å². The Balaban J connectivity index is 2.03. The summed E-state index contributed by atoms with van der Waals surface area (Å²) in [6.07, 6.45) is 2.33. The van der Waals surface area contributed by atoms with E-state index in [9.17, 15) is 19.2 Å². The summed E-state index contributed by atoms with van der Waals surface area (Å²) in [6, 6.07) is 16.1. The van der Waals surface area contributed by atoms with Gasteiger partial charge in [-0.3, -0.25) is 0 Å². The second kappa shape index (κ2) is 16.5. The van der Waals surface area contributed by atoms with Crippen molar-refractivity contribution in [3.8, 4) is 53.0 Å². The van der Waals surface area contributed by atoms with Crippen molar-refractivity contribution in [3.63, 3.8) is 0 Å². The molecule has 0 aliphatic carbocycles. The fourth-order valence-corrected chi connectivity index (χ4v) is 3.23. The van der Waals surface area contributed by atoms with Gasteiger partial charge >= 0.3 is 23.9 Å². The molecule has 0 fully saturated rings. The van der Waals surface area contributed by atoms with Crippen LogP contribution in [0.5, 0.6) is 17.2 Å². The Morgan fingerprint density at radius 2 is 0.833 bits per heavy atom. The lowest BCUT2D eigenvalue weighted by Gasteiger charge is -2.12. The highest BCUT2D eigenvalue weighted by Gasteiger charge is 2.17. The maximum atomic E-state index is 12.5. The van der Waals surface area contributed by atoms with Gasteiger partial charge in [-0.25, -0.2) is 19.2 Å². The fourth-order valence-electron chi connectivity index (χ4n) is 3.23. The monoisotopic (exact) mass is 638 g/mol. The molecule has 3 rings (SSSR count). The van der Waals surface area contributed by atoms with Crippen LogP contribution in [0.3, 0.4) is 0 Å². The third kappa shape index (κ3) is 10.7. The molecular formula is C40H30O8. The van der Waals surface area contributed by atoms with Crippen molar-refractivity contribution >= 4 is 23.9 Å². The van der Waals surface area contributed by atoms with Gasteiger partial charge in [0.2, 0.25) is 0 Å². The van der Waals surface area contributed by atoms with E-state index >= 15 is 0 Å². The summed E-state index contributed by atoms with van der Waals surface area (Å²) in [7, 11) is 0. The summed E-state index contributed by atoms with van der Waals surface area (Å²) in [4.78, 5) is 48.4. The maximum Gasteiger partial charge on any atom is 0.347 e. The average molecular weight is 639 g/mol. The van der Waals surface area contributed by atoms with Crippen LogP contribution in [0.25, 0.3) is 0 Å². The molecule has 0 spiro atoms. The van der Waals surface area contributed by atoms with Gasteiger partial charge in [0.05, 0.1) is 11.1 Å². The highest BCUT2D eigenvalue weighted by molar-refractivity contribution is 5.91. The lowest BCUT2D eigenvalue weighted by Crippen LogP contribution is -2.12. The van der Waals surface area contributed by atoms with Crippen LogP contribution >= 0.6 is 0 Å². The number of benzene rings is 3. The SMILES string of the molecule is C=C(C)C(=O)OC#Cc1ccc(C#Cc2cc(OC(=O)C(=C)C)c(C#Cc3ccc(OC(=O)C(=C)C)cc3)cc2OC(=O)C(=C)C)cc1. The first-order chi connectivity index (χ1) is 22.7. The van der Waals surface area contributed by atoms with Crippen molar-refractivity contribution in [2.24, 2.45) is 0 Å². The molecule has 0 N–H and O–H groups in total. The van der Waals surface area contributed by atoms with Crippen molar-refractivity contribution < 1.29 is 38.1 Å². The lowest BCUT2D eigenvalue weighted by atomic mass is 10.1. The fraction of sp³-hybridized carbons (Fsp3) is 0.100. The van der Waals surface area contributed by atoms with Crippen LogP contribution in [0.1, 0.15) is 55.5 Å². The van der Waals surface area contributed by atoms with E-state index in [0.29, 0.717) is 22.4 Å². The van der Waals surface area contributed by atoms with Crippen molar-refractivity contribution in [2.75, 3.05) is 0 Å². The summed E-state index contributed by atoms with van der Waals surface area (Å²) in [5, 5.41) is 0. The normalized spacial score (nSPS) is 9.42. The van der Waals surface area contributed by atoms with Crippen LogP contribution in [-0.4, -0.2) is 23.9 Å². The highest BCUT2D eigenvalue weighted by Crippen LogP contribution is 2.30. The predicted molar refractivity (Wildman–Crippen MR) is 180 cm³/mol. The summed E-state index contributed by atoms with van der Waals surface area (Å²) < 4.78 is 21.2. The molecule has 0 aliphatic rings. The van der Waals surface area contributed by atoms with Gasteiger partial charge in [0, 0.05) is 51.1 Å². The van der Waals surface area contributed by atoms with Crippen molar-refractivity contribution in [3.05, 3.63) is 137 Å². The van der Waals surface area contributed by atoms with E-state index in [1.165, 1.54) is 32.9 Å². The minimum Gasteiger partial charge on any atom is -0.423 e. The second-order valence-electron chi connectivity index (χ2n) is 10.4. The molecule has 8 nitrogen and oxygen atoms in total. The standard InChI is InChI=1S/C40H30O8/c1-25(2)37(41)45-22-21-31-11-9-29(10-12-31)13-17-32-23-36(48-40(44)28(7)8)33(24-35(32)47-39(43)27(5)6)18-14-30-15-19-34(20-16-30)46-38(42)26(3)4/h9-12,15-16,19-20,23-24H,1,3,5,7H2,2,4,6,8H3. The Labute approximate surface area is 279 Å². The number of rotatable bonds is 7. The molecular weight excluding hydrogens is 608 g/mol. The molecule has 0 aliphatic heterocycles. The van der Waals surface area contributed by atoms with Gasteiger partial charge in [-0.2, -0.15) is 0 Å². The minimum atomic E-state index is -0.696. The van der Waals surface area contributed by atoms with E-state index in [-0.39, 0.29) is 44.9 Å². The zero-order chi connectivity index (χ0) is 35.4. The number of carbonyl (C=O) groups is 4. The third-order valence-corrected chi connectivity index (χ3v) is 5.85. The Morgan fingerprint density at radius 3 is 1.23 bits per heavy atom. The third-order valence-electron chi connectivity index (χ3n) is 5.85. The molecule has 0 aromatic heterocycles. The average Bonchev–Trinajstić information content (AvgIpc) is 3.04. The minimum absolute atomic E-state index is 0.0527. The van der Waals surface area contributed by atoms with Crippen LogP contribution in [0.4, 0.5) is 0 Å². The molecule has 3 aromatic rings.